The average Bonchev–Trinajstić information content (AvgIpc) is 3.20. The van der Waals surface area contributed by atoms with E-state index in [1.165, 1.54) is 18.3 Å². The van der Waals surface area contributed by atoms with Crippen LogP contribution >= 0.6 is 35.8 Å². The van der Waals surface area contributed by atoms with Gasteiger partial charge in [-0.2, -0.15) is 0 Å². The molecule has 0 radical (unpaired) electrons. The number of nitrogens with one attached hydrogen (secondary N) is 2. The van der Waals surface area contributed by atoms with Crippen LogP contribution in [0.4, 0.5) is 10.8 Å². The highest BCUT2D eigenvalue weighted by Crippen LogP contribution is 2.34. The Morgan fingerprint density at radius 1 is 1.36 bits per heavy atom. The van der Waals surface area contributed by atoms with Gasteiger partial charge in [-0.1, -0.05) is 35.8 Å². The molecule has 0 bridgehead atoms. The van der Waals surface area contributed by atoms with E-state index in [2.05, 4.69) is 37.8 Å². The molecule has 0 spiro atoms. The van der Waals surface area contributed by atoms with Crippen LogP contribution in [0.25, 0.3) is 27.1 Å². The number of imidazole rings is 1. The molecule has 0 atom stereocenters. The number of hydrogen-bond acceptors (Lipinski definition) is 7. The minimum atomic E-state index is -0.164. The Morgan fingerprint density at radius 2 is 2.20 bits per heavy atom. The highest BCUT2D eigenvalue weighted by molar-refractivity contribution is 7.81. The van der Waals surface area contributed by atoms with Crippen LogP contribution in [0.2, 0.25) is 5.15 Å². The van der Waals surface area contributed by atoms with Gasteiger partial charge in [0.05, 0.1) is 23.1 Å². The quantitative estimate of drug-likeness (QED) is 0.365. The molecule has 0 aliphatic heterocycles. The number of hydrogen-bond donors (Lipinski definition) is 3. The van der Waals surface area contributed by atoms with Crippen molar-refractivity contribution in [2.45, 2.75) is 6.92 Å². The van der Waals surface area contributed by atoms with Crippen LogP contribution in [0.5, 0.6) is 0 Å². The Hall–Kier alpha value is -2.36. The average molecular weight is 391 g/mol. The number of aromatic nitrogens is 4. The van der Waals surface area contributed by atoms with Crippen molar-refractivity contribution in [1.82, 2.24) is 19.4 Å². The van der Waals surface area contributed by atoms with Gasteiger partial charge in [-0.3, -0.25) is 9.20 Å². The molecule has 4 rings (SSSR count). The van der Waals surface area contributed by atoms with Crippen LogP contribution in [0.3, 0.4) is 0 Å². The first-order valence-electron chi connectivity index (χ1n) is 7.17. The minimum Gasteiger partial charge on any atom is -0.330 e. The van der Waals surface area contributed by atoms with Crippen molar-refractivity contribution in [1.29, 1.82) is 0 Å². The van der Waals surface area contributed by atoms with Gasteiger partial charge in [0.15, 0.2) is 5.13 Å². The zero-order chi connectivity index (χ0) is 17.6. The molecular formula is C15H11ClN6OS2. The summed E-state index contributed by atoms with van der Waals surface area (Å²) >= 11 is 11.8. The minimum absolute atomic E-state index is 0.164. The lowest BCUT2D eigenvalue weighted by atomic mass is 10.1. The topological polar surface area (TPSA) is 84.2 Å². The molecule has 126 valence electrons. The first kappa shape index (κ1) is 16.1. The van der Waals surface area contributed by atoms with Crippen LogP contribution < -0.4 is 10.0 Å². The molecule has 4 aromatic heterocycles. The second kappa shape index (κ2) is 6.17. The number of thiol groups is 1. The van der Waals surface area contributed by atoms with E-state index in [1.54, 1.807) is 16.9 Å². The zero-order valence-electron chi connectivity index (χ0n) is 12.8. The molecule has 2 N–H and O–H groups in total. The first-order chi connectivity index (χ1) is 12.1. The van der Waals surface area contributed by atoms with Gasteiger partial charge in [0.2, 0.25) is 5.91 Å². The van der Waals surface area contributed by atoms with E-state index < -0.39 is 0 Å². The molecule has 0 aromatic carbocycles. The van der Waals surface area contributed by atoms with Crippen molar-refractivity contribution in [2.24, 2.45) is 0 Å². The van der Waals surface area contributed by atoms with Crippen LogP contribution in [0.15, 0.2) is 30.7 Å². The van der Waals surface area contributed by atoms with E-state index in [-0.39, 0.29) is 5.91 Å². The van der Waals surface area contributed by atoms with Gasteiger partial charge in [-0.15, -0.1) is 0 Å². The second-order valence-corrected chi connectivity index (χ2v) is 6.80. The van der Waals surface area contributed by atoms with Crippen molar-refractivity contribution in [3.63, 3.8) is 0 Å². The number of amides is 1. The van der Waals surface area contributed by atoms with E-state index in [0.29, 0.717) is 16.0 Å². The molecule has 4 aromatic rings. The Morgan fingerprint density at radius 3 is 2.96 bits per heavy atom. The second-order valence-electron chi connectivity index (χ2n) is 5.24. The van der Waals surface area contributed by atoms with E-state index in [1.807, 2.05) is 18.2 Å². The van der Waals surface area contributed by atoms with Gasteiger partial charge in [0.25, 0.3) is 0 Å². The number of carbonyl (C=O) groups excluding carboxylic acids is 1. The summed E-state index contributed by atoms with van der Waals surface area (Å²) in [7, 11) is 0. The number of thiazole rings is 1. The lowest BCUT2D eigenvalue weighted by Gasteiger charge is -2.10. The molecular weight excluding hydrogens is 380 g/mol. The lowest BCUT2D eigenvalue weighted by Crippen LogP contribution is -2.04. The van der Waals surface area contributed by atoms with E-state index in [0.717, 1.165) is 27.1 Å². The van der Waals surface area contributed by atoms with Crippen LogP contribution in [-0.4, -0.2) is 25.3 Å². The first-order valence-corrected chi connectivity index (χ1v) is 8.81. The van der Waals surface area contributed by atoms with E-state index in [9.17, 15) is 4.79 Å². The third-order valence-electron chi connectivity index (χ3n) is 3.57. The fraction of sp³-hybridized carbons (Fsp3) is 0.0667. The van der Waals surface area contributed by atoms with Gasteiger partial charge < -0.3 is 10.0 Å². The number of anilines is 2. The zero-order valence-corrected chi connectivity index (χ0v) is 15.3. The fourth-order valence-corrected chi connectivity index (χ4v) is 3.87. The Bertz CT molecular complexity index is 1120. The molecule has 4 heterocycles. The van der Waals surface area contributed by atoms with Crippen molar-refractivity contribution in [3.05, 3.63) is 35.9 Å². The molecule has 1 amide bonds. The number of halogens is 1. The van der Waals surface area contributed by atoms with Crippen LogP contribution in [0.1, 0.15) is 6.92 Å². The van der Waals surface area contributed by atoms with Gasteiger partial charge >= 0.3 is 0 Å². The molecule has 0 saturated carbocycles. The summed E-state index contributed by atoms with van der Waals surface area (Å²) in [6, 6.07) is 5.61. The Labute approximate surface area is 156 Å². The van der Waals surface area contributed by atoms with Crippen molar-refractivity contribution < 1.29 is 4.79 Å². The number of rotatable bonds is 3. The van der Waals surface area contributed by atoms with Crippen molar-refractivity contribution in [3.8, 4) is 11.3 Å². The number of pyridine rings is 2. The molecule has 0 aliphatic rings. The monoisotopic (exact) mass is 390 g/mol. The van der Waals surface area contributed by atoms with Crippen molar-refractivity contribution in [2.75, 3.05) is 10.0 Å². The molecule has 0 aliphatic carbocycles. The molecule has 25 heavy (non-hydrogen) atoms. The summed E-state index contributed by atoms with van der Waals surface area (Å²) in [4.78, 5) is 25.1. The highest BCUT2D eigenvalue weighted by atomic mass is 35.5. The summed E-state index contributed by atoms with van der Waals surface area (Å²) in [5.74, 6) is -0.164. The molecule has 0 saturated heterocycles. The standard InChI is InChI=1S/C15H11ClN6OS2/c1-7(23)18-15-20-10-3-2-9(19-14(10)25-15)8-4-11(21-24)13(16)22-6-17-5-12(8)22/h2-6,21,24H,1H3,(H,18,20,23). The predicted octanol–water partition coefficient (Wildman–Crippen LogP) is 3.87. The lowest BCUT2D eigenvalue weighted by molar-refractivity contribution is -0.114. The fourth-order valence-electron chi connectivity index (χ4n) is 2.51. The summed E-state index contributed by atoms with van der Waals surface area (Å²) in [6.07, 6.45) is 3.36. The maximum atomic E-state index is 11.2. The van der Waals surface area contributed by atoms with E-state index in [4.69, 9.17) is 11.6 Å². The van der Waals surface area contributed by atoms with Crippen molar-refractivity contribution >= 4 is 68.3 Å². The third-order valence-corrected chi connectivity index (χ3v) is 5.08. The molecule has 7 nitrogen and oxygen atoms in total. The van der Waals surface area contributed by atoms with Crippen LogP contribution in [-0.2, 0) is 4.79 Å². The number of carbonyl (C=O) groups is 1. The van der Waals surface area contributed by atoms with Crippen LogP contribution in [0, 0.1) is 0 Å². The Kier molecular flexibility index (Phi) is 3.98. The third kappa shape index (κ3) is 2.80. The summed E-state index contributed by atoms with van der Waals surface area (Å²) in [5, 5.41) is 3.69. The molecule has 10 heteroatoms. The molecule has 0 fully saturated rings. The van der Waals surface area contributed by atoms with Gasteiger partial charge in [-0.05, 0) is 18.2 Å². The maximum Gasteiger partial charge on any atom is 0.223 e. The van der Waals surface area contributed by atoms with Gasteiger partial charge in [0, 0.05) is 12.5 Å². The SMILES string of the molecule is CC(=O)Nc1nc2ccc(-c3cc(NS)c(Cl)n4cncc34)nc2s1. The summed E-state index contributed by atoms with van der Waals surface area (Å²) < 4.78 is 4.54. The van der Waals surface area contributed by atoms with Gasteiger partial charge in [0.1, 0.15) is 21.8 Å². The van der Waals surface area contributed by atoms with Gasteiger partial charge in [-0.25, -0.2) is 15.0 Å². The predicted molar refractivity (Wildman–Crippen MR) is 104 cm³/mol. The highest BCUT2D eigenvalue weighted by Gasteiger charge is 2.14. The summed E-state index contributed by atoms with van der Waals surface area (Å²) in [5.41, 5.74) is 3.81. The largest absolute Gasteiger partial charge is 0.330 e. The Balaban J connectivity index is 1.89. The van der Waals surface area contributed by atoms with E-state index >= 15 is 0 Å². The summed E-state index contributed by atoms with van der Waals surface area (Å²) in [6.45, 7) is 1.45. The number of nitrogens with zero attached hydrogens (tertiary/aromatic N) is 4. The maximum absolute atomic E-state index is 11.2. The normalized spacial score (nSPS) is 11.2. The number of fused-ring (bicyclic) bond motifs is 2. The smallest absolute Gasteiger partial charge is 0.223 e. The molecule has 0 unspecified atom stereocenters.